The lowest BCUT2D eigenvalue weighted by Gasteiger charge is -2.35. The number of hydrogen-bond acceptors (Lipinski definition) is 7. The Kier molecular flexibility index (Phi) is 5.86. The second kappa shape index (κ2) is 9.26. The van der Waals surface area contributed by atoms with Crippen LogP contribution in [-0.2, 0) is 6.54 Å². The Morgan fingerprint density at radius 2 is 1.68 bits per heavy atom. The van der Waals surface area contributed by atoms with E-state index in [1.165, 1.54) is 22.9 Å². The maximum Gasteiger partial charge on any atom is 0.316 e. The molecule has 4 aromatic rings. The molecule has 0 unspecified atom stereocenters. The van der Waals surface area contributed by atoms with Gasteiger partial charge < -0.3 is 14.3 Å². The van der Waals surface area contributed by atoms with E-state index in [0.717, 1.165) is 5.69 Å². The third kappa shape index (κ3) is 4.56. The molecule has 0 bridgehead atoms. The molecular formula is C24H21FN6O3. The van der Waals surface area contributed by atoms with Crippen molar-refractivity contribution in [2.45, 2.75) is 6.54 Å². The summed E-state index contributed by atoms with van der Waals surface area (Å²) in [4.78, 5) is 33.2. The van der Waals surface area contributed by atoms with E-state index in [-0.39, 0.29) is 35.5 Å². The Bertz CT molecular complexity index is 1350. The zero-order chi connectivity index (χ0) is 23.5. The highest BCUT2D eigenvalue weighted by molar-refractivity contribution is 5.89. The van der Waals surface area contributed by atoms with Gasteiger partial charge in [0.25, 0.3) is 5.56 Å². The molecule has 1 aliphatic rings. The number of para-hydroxylation sites is 1. The molecule has 10 heteroatoms. The SMILES string of the molecule is O=C(c1nc(Cn2nc(-c3ccc(F)cc3)ccc2=O)no1)N1CCN(c2ccccc2)CC1. The number of anilines is 1. The molecule has 1 aliphatic heterocycles. The molecule has 34 heavy (non-hydrogen) atoms. The van der Waals surface area contributed by atoms with Crippen LogP contribution in [0.4, 0.5) is 10.1 Å². The summed E-state index contributed by atoms with van der Waals surface area (Å²) in [5.74, 6) is -0.655. The fourth-order valence-corrected chi connectivity index (χ4v) is 3.82. The maximum absolute atomic E-state index is 13.2. The Balaban J connectivity index is 1.26. The number of halogens is 1. The lowest BCUT2D eigenvalue weighted by molar-refractivity contribution is 0.0696. The summed E-state index contributed by atoms with van der Waals surface area (Å²) in [5, 5.41) is 8.16. The summed E-state index contributed by atoms with van der Waals surface area (Å²) < 4.78 is 19.6. The lowest BCUT2D eigenvalue weighted by Crippen LogP contribution is -2.48. The molecule has 0 radical (unpaired) electrons. The number of hydrogen-bond donors (Lipinski definition) is 0. The predicted octanol–water partition coefficient (Wildman–Crippen LogP) is 2.44. The molecule has 2 aromatic carbocycles. The van der Waals surface area contributed by atoms with E-state index >= 15 is 0 Å². The van der Waals surface area contributed by atoms with Crippen molar-refractivity contribution < 1.29 is 13.7 Å². The minimum absolute atomic E-state index is 0.0631. The van der Waals surface area contributed by atoms with Crippen molar-refractivity contribution in [3.63, 3.8) is 0 Å². The van der Waals surface area contributed by atoms with Crippen LogP contribution in [0, 0.1) is 5.82 Å². The van der Waals surface area contributed by atoms with Crippen LogP contribution in [-0.4, -0.2) is 56.9 Å². The van der Waals surface area contributed by atoms with Crippen molar-refractivity contribution in [1.29, 1.82) is 0 Å². The van der Waals surface area contributed by atoms with Gasteiger partial charge in [0.05, 0.1) is 5.69 Å². The average Bonchev–Trinajstić information content (AvgIpc) is 3.35. The molecule has 9 nitrogen and oxygen atoms in total. The van der Waals surface area contributed by atoms with Gasteiger partial charge >= 0.3 is 11.8 Å². The summed E-state index contributed by atoms with van der Waals surface area (Å²) >= 11 is 0. The van der Waals surface area contributed by atoms with Crippen LogP contribution in [0.15, 0.2) is 76.0 Å². The summed E-state index contributed by atoms with van der Waals surface area (Å²) in [6.45, 7) is 2.41. The number of carbonyl (C=O) groups excluding carboxylic acids is 1. The molecule has 0 spiro atoms. The minimum atomic E-state index is -0.361. The summed E-state index contributed by atoms with van der Waals surface area (Å²) in [6, 6.07) is 18.8. The first kappa shape index (κ1) is 21.5. The van der Waals surface area contributed by atoms with Gasteiger partial charge in [0, 0.05) is 43.5 Å². The highest BCUT2D eigenvalue weighted by atomic mass is 19.1. The van der Waals surface area contributed by atoms with Crippen LogP contribution in [0.1, 0.15) is 16.5 Å². The van der Waals surface area contributed by atoms with E-state index in [1.54, 1.807) is 23.1 Å². The topological polar surface area (TPSA) is 97.4 Å². The quantitative estimate of drug-likeness (QED) is 0.451. The molecular weight excluding hydrogens is 439 g/mol. The van der Waals surface area contributed by atoms with E-state index in [9.17, 15) is 14.0 Å². The number of aromatic nitrogens is 4. The number of carbonyl (C=O) groups is 1. The van der Waals surface area contributed by atoms with Crippen LogP contribution in [0.3, 0.4) is 0 Å². The lowest BCUT2D eigenvalue weighted by atomic mass is 10.1. The van der Waals surface area contributed by atoms with Crippen LogP contribution >= 0.6 is 0 Å². The van der Waals surface area contributed by atoms with Crippen molar-refractivity contribution in [1.82, 2.24) is 24.8 Å². The van der Waals surface area contributed by atoms with E-state index in [2.05, 4.69) is 20.1 Å². The molecule has 3 heterocycles. The highest BCUT2D eigenvalue weighted by Crippen LogP contribution is 2.17. The predicted molar refractivity (Wildman–Crippen MR) is 122 cm³/mol. The Morgan fingerprint density at radius 1 is 0.941 bits per heavy atom. The molecule has 0 atom stereocenters. The third-order valence-corrected chi connectivity index (χ3v) is 5.64. The Labute approximate surface area is 194 Å². The zero-order valence-electron chi connectivity index (χ0n) is 18.2. The van der Waals surface area contributed by atoms with Gasteiger partial charge in [0.1, 0.15) is 12.4 Å². The molecule has 0 N–H and O–H groups in total. The molecule has 5 rings (SSSR count). The van der Waals surface area contributed by atoms with Crippen molar-refractivity contribution in [2.24, 2.45) is 0 Å². The van der Waals surface area contributed by atoms with Crippen molar-refractivity contribution in [3.8, 4) is 11.3 Å². The van der Waals surface area contributed by atoms with Gasteiger partial charge in [0.2, 0.25) is 0 Å². The van der Waals surface area contributed by atoms with E-state index < -0.39 is 0 Å². The Hall–Kier alpha value is -4.34. The highest BCUT2D eigenvalue weighted by Gasteiger charge is 2.26. The molecule has 172 valence electrons. The third-order valence-electron chi connectivity index (χ3n) is 5.64. The monoisotopic (exact) mass is 460 g/mol. The van der Waals surface area contributed by atoms with Gasteiger partial charge in [0.15, 0.2) is 5.82 Å². The number of piperazine rings is 1. The molecule has 2 aromatic heterocycles. The first-order valence-electron chi connectivity index (χ1n) is 10.8. The zero-order valence-corrected chi connectivity index (χ0v) is 18.2. The van der Waals surface area contributed by atoms with Crippen LogP contribution in [0.25, 0.3) is 11.3 Å². The molecule has 1 fully saturated rings. The second-order valence-corrected chi connectivity index (χ2v) is 7.85. The molecule has 1 saturated heterocycles. The fourth-order valence-electron chi connectivity index (χ4n) is 3.82. The first-order valence-corrected chi connectivity index (χ1v) is 10.8. The van der Waals surface area contributed by atoms with Gasteiger partial charge in [-0.15, -0.1) is 0 Å². The van der Waals surface area contributed by atoms with E-state index in [1.807, 2.05) is 30.3 Å². The maximum atomic E-state index is 13.2. The number of nitrogens with zero attached hydrogens (tertiary/aromatic N) is 6. The smallest absolute Gasteiger partial charge is 0.316 e. The van der Waals surface area contributed by atoms with Crippen molar-refractivity contribution in [2.75, 3.05) is 31.1 Å². The largest absolute Gasteiger partial charge is 0.368 e. The van der Waals surface area contributed by atoms with Gasteiger partial charge in [-0.1, -0.05) is 23.4 Å². The number of amides is 1. The van der Waals surface area contributed by atoms with Crippen LogP contribution in [0.2, 0.25) is 0 Å². The summed E-state index contributed by atoms with van der Waals surface area (Å²) in [7, 11) is 0. The summed E-state index contributed by atoms with van der Waals surface area (Å²) in [5.41, 5.74) is 1.92. The van der Waals surface area contributed by atoms with Crippen molar-refractivity contribution >= 4 is 11.6 Å². The molecule has 0 aliphatic carbocycles. The Morgan fingerprint density at radius 3 is 2.41 bits per heavy atom. The minimum Gasteiger partial charge on any atom is -0.368 e. The number of rotatable bonds is 5. The first-order chi connectivity index (χ1) is 16.6. The van der Waals surface area contributed by atoms with E-state index in [4.69, 9.17) is 4.52 Å². The van der Waals surface area contributed by atoms with Crippen LogP contribution in [0.5, 0.6) is 0 Å². The fraction of sp³-hybridized carbons (Fsp3) is 0.208. The molecule has 1 amide bonds. The normalized spacial score (nSPS) is 13.8. The van der Waals surface area contributed by atoms with Gasteiger partial charge in [-0.2, -0.15) is 10.1 Å². The van der Waals surface area contributed by atoms with Gasteiger partial charge in [-0.3, -0.25) is 9.59 Å². The number of benzene rings is 2. The van der Waals surface area contributed by atoms with E-state index in [0.29, 0.717) is 37.4 Å². The summed E-state index contributed by atoms with van der Waals surface area (Å²) in [6.07, 6.45) is 0. The average molecular weight is 460 g/mol. The van der Waals surface area contributed by atoms with Gasteiger partial charge in [-0.05, 0) is 42.5 Å². The standard InChI is InChI=1S/C24H21FN6O3/c25-18-8-6-17(7-9-18)20-10-11-22(32)31(27-20)16-21-26-23(34-28-21)24(33)30-14-12-29(13-15-30)19-4-2-1-3-5-19/h1-11H,12-16H2. The molecule has 0 saturated carbocycles. The van der Waals surface area contributed by atoms with Crippen molar-refractivity contribution in [3.05, 3.63) is 94.6 Å². The second-order valence-electron chi connectivity index (χ2n) is 7.85. The van der Waals surface area contributed by atoms with Crippen LogP contribution < -0.4 is 10.5 Å². The van der Waals surface area contributed by atoms with Gasteiger partial charge in [-0.25, -0.2) is 9.07 Å².